The first-order valence-electron chi connectivity index (χ1n) is 9.06. The molecule has 0 saturated carbocycles. The van der Waals surface area contributed by atoms with Crippen molar-refractivity contribution < 1.29 is 32.2 Å². The molecule has 0 saturated heterocycles. The monoisotopic (exact) mass is 424 g/mol. The molecule has 1 aromatic carbocycles. The molecule has 0 amide bonds. The van der Waals surface area contributed by atoms with Gasteiger partial charge in [0.05, 0.1) is 25.5 Å². The van der Waals surface area contributed by atoms with Gasteiger partial charge in [-0.25, -0.2) is 9.78 Å². The predicted molar refractivity (Wildman–Crippen MR) is 105 cm³/mol. The van der Waals surface area contributed by atoms with Crippen LogP contribution in [0.15, 0.2) is 49.1 Å². The number of alkyl halides is 3. The number of nitrogen functional groups attached to an aromatic ring is 1. The number of hydrogen-bond donors (Lipinski definition) is 1. The van der Waals surface area contributed by atoms with Gasteiger partial charge in [-0.2, -0.15) is 13.2 Å². The Morgan fingerprint density at radius 2 is 1.97 bits per heavy atom. The van der Waals surface area contributed by atoms with E-state index in [9.17, 15) is 18.0 Å². The fraction of sp³-hybridized carbons (Fsp3) is 0.333. The molecular weight excluding hydrogens is 401 g/mol. The molecule has 0 aliphatic carbocycles. The molecule has 2 N–H and O–H groups in total. The van der Waals surface area contributed by atoms with Crippen molar-refractivity contribution in [2.75, 3.05) is 12.8 Å². The molecule has 9 heteroatoms. The van der Waals surface area contributed by atoms with Crippen LogP contribution in [0.3, 0.4) is 0 Å². The van der Waals surface area contributed by atoms with Gasteiger partial charge in [-0.1, -0.05) is 36.4 Å². The number of ether oxygens (including phenoxy) is 3. The molecule has 0 fully saturated rings. The number of carbonyl (C=O) groups excluding carboxylic acids is 1. The maximum absolute atomic E-state index is 13.5. The first kappa shape index (κ1) is 23.2. The summed E-state index contributed by atoms with van der Waals surface area (Å²) in [6, 6.07) is 9.90. The van der Waals surface area contributed by atoms with Gasteiger partial charge in [0, 0.05) is 0 Å². The topological polar surface area (TPSA) is 83.7 Å². The number of rotatable bonds is 9. The fourth-order valence-corrected chi connectivity index (χ4v) is 2.65. The van der Waals surface area contributed by atoms with Crippen LogP contribution in [0, 0.1) is 0 Å². The lowest BCUT2D eigenvalue weighted by Gasteiger charge is -2.25. The molecule has 0 radical (unpaired) electrons. The number of methoxy groups -OCH3 is 1. The van der Waals surface area contributed by atoms with E-state index in [1.807, 2.05) is 30.3 Å². The van der Waals surface area contributed by atoms with Crippen molar-refractivity contribution in [3.05, 3.63) is 65.9 Å². The van der Waals surface area contributed by atoms with Crippen molar-refractivity contribution in [3.63, 3.8) is 0 Å². The standard InChI is InChI=1S/C21H23F3N2O4/c1-4-8-17(29-12-14-9-6-5-7-10-14)13(2)30-19-15(21(22,23)24)11-16(25)18(26-19)20(27)28-3/h4-7,9-11,13,17H,1,8,12,25H2,2-3H3. The number of carbonyl (C=O) groups is 1. The smallest absolute Gasteiger partial charge is 0.421 e. The van der Waals surface area contributed by atoms with Gasteiger partial charge >= 0.3 is 12.1 Å². The van der Waals surface area contributed by atoms with Crippen molar-refractivity contribution in [2.24, 2.45) is 0 Å². The van der Waals surface area contributed by atoms with Crippen LogP contribution >= 0.6 is 0 Å². The van der Waals surface area contributed by atoms with Crippen LogP contribution in [0.1, 0.15) is 35.0 Å². The molecule has 30 heavy (non-hydrogen) atoms. The molecule has 162 valence electrons. The van der Waals surface area contributed by atoms with E-state index in [0.717, 1.165) is 12.7 Å². The first-order valence-corrected chi connectivity index (χ1v) is 9.06. The highest BCUT2D eigenvalue weighted by Crippen LogP contribution is 2.38. The van der Waals surface area contributed by atoms with Crippen LogP contribution in [0.2, 0.25) is 0 Å². The highest BCUT2D eigenvalue weighted by atomic mass is 19.4. The highest BCUT2D eigenvalue weighted by molar-refractivity contribution is 5.93. The Hall–Kier alpha value is -3.07. The van der Waals surface area contributed by atoms with E-state index >= 15 is 0 Å². The van der Waals surface area contributed by atoms with Crippen molar-refractivity contribution in [1.82, 2.24) is 4.98 Å². The van der Waals surface area contributed by atoms with Gasteiger partial charge in [0.25, 0.3) is 0 Å². The lowest BCUT2D eigenvalue weighted by atomic mass is 10.1. The second-order valence-corrected chi connectivity index (χ2v) is 6.45. The summed E-state index contributed by atoms with van der Waals surface area (Å²) >= 11 is 0. The molecule has 0 bridgehead atoms. The Bertz CT molecular complexity index is 873. The van der Waals surface area contributed by atoms with Gasteiger partial charge in [-0.3, -0.25) is 0 Å². The molecule has 1 heterocycles. The zero-order valence-corrected chi connectivity index (χ0v) is 16.6. The maximum atomic E-state index is 13.5. The number of nitrogens with two attached hydrogens (primary N) is 1. The first-order chi connectivity index (χ1) is 14.2. The van der Waals surface area contributed by atoms with Crippen LogP contribution in [-0.2, 0) is 22.3 Å². The zero-order valence-electron chi connectivity index (χ0n) is 16.6. The second-order valence-electron chi connectivity index (χ2n) is 6.45. The van der Waals surface area contributed by atoms with Gasteiger partial charge in [0.1, 0.15) is 11.7 Å². The third-order valence-electron chi connectivity index (χ3n) is 4.23. The van der Waals surface area contributed by atoms with Crippen LogP contribution in [0.25, 0.3) is 0 Å². The van der Waals surface area contributed by atoms with Gasteiger partial charge in [-0.15, -0.1) is 6.58 Å². The highest BCUT2D eigenvalue weighted by Gasteiger charge is 2.38. The summed E-state index contributed by atoms with van der Waals surface area (Å²) in [4.78, 5) is 15.5. The molecule has 0 aliphatic rings. The Labute approximate surface area is 172 Å². The summed E-state index contributed by atoms with van der Waals surface area (Å²) in [5, 5.41) is 0. The van der Waals surface area contributed by atoms with Crippen molar-refractivity contribution >= 4 is 11.7 Å². The molecule has 2 atom stereocenters. The Morgan fingerprint density at radius 3 is 2.53 bits per heavy atom. The number of benzene rings is 1. The average molecular weight is 424 g/mol. The van der Waals surface area contributed by atoms with Gasteiger partial charge in [-0.05, 0) is 25.0 Å². The van der Waals surface area contributed by atoms with Crippen LogP contribution in [-0.4, -0.2) is 30.3 Å². The fourth-order valence-electron chi connectivity index (χ4n) is 2.65. The molecule has 2 aromatic rings. The zero-order chi connectivity index (χ0) is 22.3. The van der Waals surface area contributed by atoms with Gasteiger partial charge < -0.3 is 19.9 Å². The summed E-state index contributed by atoms with van der Waals surface area (Å²) in [6.07, 6.45) is -4.33. The molecule has 1 aromatic heterocycles. The van der Waals surface area contributed by atoms with Crippen molar-refractivity contribution in [2.45, 2.75) is 38.3 Å². The number of aromatic nitrogens is 1. The van der Waals surface area contributed by atoms with Gasteiger partial charge in [0.2, 0.25) is 5.88 Å². The minimum Gasteiger partial charge on any atom is -0.471 e. The summed E-state index contributed by atoms with van der Waals surface area (Å²) in [7, 11) is 1.07. The third-order valence-corrected chi connectivity index (χ3v) is 4.23. The van der Waals surface area contributed by atoms with E-state index in [-0.39, 0.29) is 6.61 Å². The Balaban J connectivity index is 2.29. The number of esters is 1. The SMILES string of the molecule is C=CCC(OCc1ccccc1)C(C)Oc1nc(C(=O)OC)c(N)cc1C(F)(F)F. The molecule has 2 unspecified atom stereocenters. The molecule has 0 spiro atoms. The van der Waals surface area contributed by atoms with E-state index in [1.165, 1.54) is 0 Å². The minimum absolute atomic E-state index is 0.238. The molecule has 0 aliphatic heterocycles. The van der Waals surface area contributed by atoms with Crippen molar-refractivity contribution in [3.8, 4) is 5.88 Å². The number of nitrogens with zero attached hydrogens (tertiary/aromatic N) is 1. The van der Waals surface area contributed by atoms with Crippen LogP contribution < -0.4 is 10.5 Å². The quantitative estimate of drug-likeness (QED) is 0.475. The number of halogens is 3. The maximum Gasteiger partial charge on any atom is 0.421 e. The van der Waals surface area contributed by atoms with E-state index in [4.69, 9.17) is 15.2 Å². The summed E-state index contributed by atoms with van der Waals surface area (Å²) < 4.78 is 56.3. The van der Waals surface area contributed by atoms with E-state index in [2.05, 4.69) is 16.3 Å². The van der Waals surface area contributed by atoms with Crippen LogP contribution in [0.5, 0.6) is 5.88 Å². The summed E-state index contributed by atoms with van der Waals surface area (Å²) in [5.41, 5.74) is 4.34. The van der Waals surface area contributed by atoms with Crippen molar-refractivity contribution in [1.29, 1.82) is 0 Å². The molecule has 2 rings (SSSR count). The third kappa shape index (κ3) is 5.96. The molecule has 6 nitrogen and oxygen atoms in total. The average Bonchev–Trinajstić information content (AvgIpc) is 2.71. The lowest BCUT2D eigenvalue weighted by Crippen LogP contribution is -2.32. The largest absolute Gasteiger partial charge is 0.471 e. The Kier molecular flexibility index (Phi) is 7.82. The number of pyridine rings is 1. The second kappa shape index (κ2) is 10.1. The summed E-state index contributed by atoms with van der Waals surface area (Å²) in [6.45, 7) is 5.44. The predicted octanol–water partition coefficient (Wildman–Crippen LogP) is 4.40. The number of hydrogen-bond acceptors (Lipinski definition) is 6. The molecular formula is C21H23F3N2O4. The van der Waals surface area contributed by atoms with E-state index < -0.39 is 47.2 Å². The van der Waals surface area contributed by atoms with E-state index in [0.29, 0.717) is 12.5 Å². The Morgan fingerprint density at radius 1 is 1.30 bits per heavy atom. The van der Waals surface area contributed by atoms with Crippen LogP contribution in [0.4, 0.5) is 18.9 Å². The summed E-state index contributed by atoms with van der Waals surface area (Å²) in [5.74, 6) is -1.75. The number of anilines is 1. The van der Waals surface area contributed by atoms with Gasteiger partial charge in [0.15, 0.2) is 5.69 Å². The minimum atomic E-state index is -4.79. The normalized spacial score (nSPS) is 13.4. The lowest BCUT2D eigenvalue weighted by molar-refractivity contribution is -0.140. The van der Waals surface area contributed by atoms with E-state index in [1.54, 1.807) is 13.0 Å².